The van der Waals surface area contributed by atoms with Gasteiger partial charge in [0.2, 0.25) is 0 Å². The fourth-order valence-electron chi connectivity index (χ4n) is 2.84. The van der Waals surface area contributed by atoms with Crippen molar-refractivity contribution >= 4 is 11.6 Å². The first-order valence-corrected chi connectivity index (χ1v) is 7.44. The third kappa shape index (κ3) is 3.19. The van der Waals surface area contributed by atoms with Gasteiger partial charge in [-0.05, 0) is 37.7 Å². The van der Waals surface area contributed by atoms with Crippen LogP contribution in [0, 0.1) is 16.0 Å². The molecule has 7 nitrogen and oxygen atoms in total. The van der Waals surface area contributed by atoms with E-state index in [0.717, 1.165) is 12.5 Å². The zero-order chi connectivity index (χ0) is 15.7. The molecule has 0 spiro atoms. The minimum atomic E-state index is -0.589. The predicted molar refractivity (Wildman–Crippen MR) is 77.7 cm³/mol. The second-order valence-electron chi connectivity index (χ2n) is 5.90. The number of carbonyl (C=O) groups is 1. The van der Waals surface area contributed by atoms with E-state index in [2.05, 4.69) is 5.32 Å². The number of carbonyl (C=O) groups excluding carboxylic acids is 1. The Bertz CT molecular complexity index is 600. The highest BCUT2D eigenvalue weighted by Crippen LogP contribution is 2.38. The molecule has 118 valence electrons. The van der Waals surface area contributed by atoms with Crippen LogP contribution in [0.4, 0.5) is 5.69 Å². The number of hydrogen-bond acceptors (Lipinski definition) is 5. The molecule has 1 heterocycles. The number of aromatic hydroxyl groups is 1. The monoisotopic (exact) mass is 306 g/mol. The van der Waals surface area contributed by atoms with Gasteiger partial charge in [0, 0.05) is 24.8 Å². The molecule has 1 aromatic rings. The van der Waals surface area contributed by atoms with Crippen LogP contribution in [-0.4, -0.2) is 34.7 Å². The van der Waals surface area contributed by atoms with Crippen molar-refractivity contribution < 1.29 is 19.6 Å². The van der Waals surface area contributed by atoms with Crippen molar-refractivity contribution in [3.8, 4) is 5.75 Å². The van der Waals surface area contributed by atoms with Crippen LogP contribution in [-0.2, 0) is 4.74 Å². The summed E-state index contributed by atoms with van der Waals surface area (Å²) in [5, 5.41) is 23.4. The number of amides is 1. The number of phenolic OH excluding ortho intramolecular Hbond substituents is 1. The largest absolute Gasteiger partial charge is 0.507 e. The zero-order valence-corrected chi connectivity index (χ0v) is 12.0. The first-order valence-electron chi connectivity index (χ1n) is 7.44. The van der Waals surface area contributed by atoms with Crippen molar-refractivity contribution in [3.05, 3.63) is 33.9 Å². The van der Waals surface area contributed by atoms with Gasteiger partial charge in [0.1, 0.15) is 5.75 Å². The standard InChI is InChI=1S/C15H18N2O5/c18-13-4-3-11(17(20)21)8-12(13)15(19)16-10-5-6-22-14(7-10)9-1-2-9/h3-4,8-10,14,18H,1-2,5-7H2,(H,16,19)/t10-,14+/m0/s1. The van der Waals surface area contributed by atoms with Crippen LogP contribution < -0.4 is 5.32 Å². The average Bonchev–Trinajstić information content (AvgIpc) is 3.32. The average molecular weight is 306 g/mol. The molecule has 1 aliphatic carbocycles. The molecule has 2 aliphatic rings. The summed E-state index contributed by atoms with van der Waals surface area (Å²) in [6.45, 7) is 0.604. The number of non-ortho nitro benzene ring substituents is 1. The van der Waals surface area contributed by atoms with Gasteiger partial charge in [-0.2, -0.15) is 0 Å². The van der Waals surface area contributed by atoms with Crippen LogP contribution in [0.25, 0.3) is 0 Å². The maximum Gasteiger partial charge on any atom is 0.270 e. The van der Waals surface area contributed by atoms with Crippen molar-refractivity contribution in [1.29, 1.82) is 0 Å². The molecule has 22 heavy (non-hydrogen) atoms. The number of nitro groups is 1. The van der Waals surface area contributed by atoms with Crippen LogP contribution in [0.2, 0.25) is 0 Å². The lowest BCUT2D eigenvalue weighted by Crippen LogP contribution is -2.42. The topological polar surface area (TPSA) is 102 Å². The SMILES string of the molecule is O=C(N[C@H]1CCO[C@@H](C2CC2)C1)c1cc([N+](=O)[O-])ccc1O. The summed E-state index contributed by atoms with van der Waals surface area (Å²) < 4.78 is 5.70. The Balaban J connectivity index is 1.68. The smallest absolute Gasteiger partial charge is 0.270 e. The first-order chi connectivity index (χ1) is 10.5. The minimum absolute atomic E-state index is 0.0227. The molecule has 1 aliphatic heterocycles. The van der Waals surface area contributed by atoms with Gasteiger partial charge in [0.15, 0.2) is 0 Å². The predicted octanol–water partition coefficient (Wildman–Crippen LogP) is 1.99. The molecular weight excluding hydrogens is 288 g/mol. The number of hydrogen-bond donors (Lipinski definition) is 2. The quantitative estimate of drug-likeness (QED) is 0.654. The van der Waals surface area contributed by atoms with E-state index in [9.17, 15) is 20.0 Å². The molecule has 1 amide bonds. The van der Waals surface area contributed by atoms with Gasteiger partial charge >= 0.3 is 0 Å². The van der Waals surface area contributed by atoms with Crippen LogP contribution in [0.15, 0.2) is 18.2 Å². The molecule has 2 fully saturated rings. The maximum absolute atomic E-state index is 12.3. The molecule has 1 saturated heterocycles. The van der Waals surface area contributed by atoms with Crippen LogP contribution in [0.1, 0.15) is 36.0 Å². The summed E-state index contributed by atoms with van der Waals surface area (Å²) >= 11 is 0. The lowest BCUT2D eigenvalue weighted by Gasteiger charge is -2.30. The Morgan fingerprint density at radius 3 is 2.82 bits per heavy atom. The summed E-state index contributed by atoms with van der Waals surface area (Å²) in [6.07, 6.45) is 4.02. The van der Waals surface area contributed by atoms with Gasteiger partial charge in [-0.15, -0.1) is 0 Å². The number of phenols is 1. The second kappa shape index (κ2) is 5.92. The molecule has 3 rings (SSSR count). The van der Waals surface area contributed by atoms with E-state index in [4.69, 9.17) is 4.74 Å². The Labute approximate surface area is 127 Å². The van der Waals surface area contributed by atoms with Gasteiger partial charge in [0.25, 0.3) is 11.6 Å². The number of rotatable bonds is 4. The van der Waals surface area contributed by atoms with E-state index in [0.29, 0.717) is 18.9 Å². The summed E-state index contributed by atoms with van der Waals surface area (Å²) in [4.78, 5) is 22.5. The molecule has 0 unspecified atom stereocenters. The lowest BCUT2D eigenvalue weighted by atomic mass is 9.99. The van der Waals surface area contributed by atoms with E-state index in [1.807, 2.05) is 0 Å². The van der Waals surface area contributed by atoms with Crippen LogP contribution in [0.3, 0.4) is 0 Å². The van der Waals surface area contributed by atoms with Crippen molar-refractivity contribution in [2.75, 3.05) is 6.61 Å². The summed E-state index contributed by atoms with van der Waals surface area (Å²) in [5.74, 6) is -0.137. The Kier molecular flexibility index (Phi) is 3.98. The van der Waals surface area contributed by atoms with Crippen molar-refractivity contribution in [3.63, 3.8) is 0 Å². The first kappa shape index (κ1) is 14.8. The molecular formula is C15H18N2O5. The zero-order valence-electron chi connectivity index (χ0n) is 12.0. The van der Waals surface area contributed by atoms with E-state index in [-0.39, 0.29) is 29.1 Å². The number of nitro benzene ring substituents is 1. The lowest BCUT2D eigenvalue weighted by molar-refractivity contribution is -0.384. The summed E-state index contributed by atoms with van der Waals surface area (Å²) in [5.41, 5.74) is -0.283. The van der Waals surface area contributed by atoms with Gasteiger partial charge in [-0.3, -0.25) is 14.9 Å². The van der Waals surface area contributed by atoms with Crippen LogP contribution >= 0.6 is 0 Å². The molecule has 7 heteroatoms. The number of nitrogens with zero attached hydrogens (tertiary/aromatic N) is 1. The molecule has 0 radical (unpaired) electrons. The Hall–Kier alpha value is -2.15. The van der Waals surface area contributed by atoms with Crippen molar-refractivity contribution in [1.82, 2.24) is 5.32 Å². The highest BCUT2D eigenvalue weighted by Gasteiger charge is 2.36. The fraction of sp³-hybridized carbons (Fsp3) is 0.533. The van der Waals surface area contributed by atoms with E-state index < -0.39 is 10.8 Å². The molecule has 2 atom stereocenters. The highest BCUT2D eigenvalue weighted by molar-refractivity contribution is 5.97. The third-order valence-corrected chi connectivity index (χ3v) is 4.23. The van der Waals surface area contributed by atoms with E-state index >= 15 is 0 Å². The fourth-order valence-corrected chi connectivity index (χ4v) is 2.84. The summed E-state index contributed by atoms with van der Waals surface area (Å²) in [6, 6.07) is 3.42. The highest BCUT2D eigenvalue weighted by atomic mass is 16.6. The number of benzene rings is 1. The van der Waals surface area contributed by atoms with E-state index in [1.165, 1.54) is 25.0 Å². The Morgan fingerprint density at radius 2 is 2.14 bits per heavy atom. The molecule has 0 aromatic heterocycles. The molecule has 0 bridgehead atoms. The van der Waals surface area contributed by atoms with Crippen molar-refractivity contribution in [2.24, 2.45) is 5.92 Å². The van der Waals surface area contributed by atoms with Gasteiger partial charge in [-0.1, -0.05) is 0 Å². The maximum atomic E-state index is 12.3. The third-order valence-electron chi connectivity index (χ3n) is 4.23. The number of ether oxygens (including phenoxy) is 1. The summed E-state index contributed by atoms with van der Waals surface area (Å²) in [7, 11) is 0. The van der Waals surface area contributed by atoms with E-state index in [1.54, 1.807) is 0 Å². The molecule has 1 saturated carbocycles. The van der Waals surface area contributed by atoms with Crippen molar-refractivity contribution in [2.45, 2.75) is 37.8 Å². The van der Waals surface area contributed by atoms with Gasteiger partial charge < -0.3 is 15.2 Å². The normalized spacial score (nSPS) is 24.7. The van der Waals surface area contributed by atoms with Crippen LogP contribution in [0.5, 0.6) is 5.75 Å². The molecule has 2 N–H and O–H groups in total. The number of nitrogens with one attached hydrogen (secondary N) is 1. The second-order valence-corrected chi connectivity index (χ2v) is 5.90. The minimum Gasteiger partial charge on any atom is -0.507 e. The molecule has 1 aromatic carbocycles. The van der Waals surface area contributed by atoms with Gasteiger partial charge in [0.05, 0.1) is 16.6 Å². The Morgan fingerprint density at radius 1 is 1.36 bits per heavy atom. The van der Waals surface area contributed by atoms with Gasteiger partial charge in [-0.25, -0.2) is 0 Å².